The van der Waals surface area contributed by atoms with Crippen LogP contribution >= 0.6 is 0 Å². The van der Waals surface area contributed by atoms with Crippen LogP contribution in [0.15, 0.2) is 41.1 Å². The molecule has 3 heterocycles. The van der Waals surface area contributed by atoms with Crippen molar-refractivity contribution < 1.29 is 4.42 Å². The molecule has 1 aromatic carbocycles. The molecule has 7 heteroatoms. The molecule has 1 saturated carbocycles. The number of nitrogens with zero attached hydrogens (tertiary/aromatic N) is 5. The van der Waals surface area contributed by atoms with Crippen LogP contribution in [0.3, 0.4) is 0 Å². The van der Waals surface area contributed by atoms with Crippen LogP contribution in [-0.2, 0) is 11.8 Å². The average molecular weight is 374 g/mol. The predicted octanol–water partition coefficient (Wildman–Crippen LogP) is 3.70. The van der Waals surface area contributed by atoms with E-state index in [2.05, 4.69) is 46.3 Å². The topological polar surface area (TPSA) is 95.1 Å². The summed E-state index contributed by atoms with van der Waals surface area (Å²) < 4.78 is 6.96. The van der Waals surface area contributed by atoms with Crippen LogP contribution in [0.4, 0.5) is 5.95 Å². The summed E-state index contributed by atoms with van der Waals surface area (Å²) in [6.07, 6.45) is 7.62. The van der Waals surface area contributed by atoms with Crippen molar-refractivity contribution in [1.29, 1.82) is 0 Å². The van der Waals surface area contributed by atoms with E-state index in [1.54, 1.807) is 10.7 Å². The Morgan fingerprint density at radius 2 is 1.96 bits per heavy atom. The summed E-state index contributed by atoms with van der Waals surface area (Å²) in [5.74, 6) is 1.40. The molecule has 2 N–H and O–H groups in total. The zero-order chi connectivity index (χ0) is 19.3. The van der Waals surface area contributed by atoms with Crippen molar-refractivity contribution in [2.24, 2.45) is 0 Å². The van der Waals surface area contributed by atoms with Gasteiger partial charge in [0.05, 0.1) is 6.20 Å². The highest BCUT2D eigenvalue weighted by Gasteiger charge is 2.33. The van der Waals surface area contributed by atoms with Gasteiger partial charge in [-0.25, -0.2) is 15.0 Å². The molecular weight excluding hydrogens is 352 g/mol. The number of benzene rings is 1. The van der Waals surface area contributed by atoms with Gasteiger partial charge in [-0.15, -0.1) is 5.10 Å². The zero-order valence-electron chi connectivity index (χ0n) is 16.0. The third-order valence-electron chi connectivity index (χ3n) is 5.89. The van der Waals surface area contributed by atoms with Gasteiger partial charge >= 0.3 is 0 Å². The maximum Gasteiger partial charge on any atom is 0.245 e. The number of anilines is 1. The SMILES string of the molecule is Cc1c(-c2ncco2)nc(N)n2nc(Cc3ccc(C4(C)CCC4)cc3)nc12. The maximum atomic E-state index is 6.11. The Morgan fingerprint density at radius 1 is 1.18 bits per heavy atom. The quantitative estimate of drug-likeness (QED) is 0.585. The van der Waals surface area contributed by atoms with Crippen molar-refractivity contribution >= 4 is 11.6 Å². The number of aryl methyl sites for hydroxylation is 1. The first-order chi connectivity index (χ1) is 13.5. The van der Waals surface area contributed by atoms with Gasteiger partial charge in [0.15, 0.2) is 11.5 Å². The second-order valence-corrected chi connectivity index (χ2v) is 7.83. The lowest BCUT2D eigenvalue weighted by Gasteiger charge is -2.39. The molecule has 1 aliphatic rings. The number of nitrogens with two attached hydrogens (primary N) is 1. The minimum Gasteiger partial charge on any atom is -0.443 e. The standard InChI is InChI=1S/C21H22N6O/c1-13-17(19-23-10-11-28-19)25-20(22)27-18(13)24-16(26-27)12-14-4-6-15(7-5-14)21(2)8-3-9-21/h4-7,10-11H,3,8-9,12H2,1-2H3,(H2,22,25). The van der Waals surface area contributed by atoms with Crippen LogP contribution in [0.25, 0.3) is 17.2 Å². The van der Waals surface area contributed by atoms with Crippen LogP contribution in [0, 0.1) is 6.92 Å². The van der Waals surface area contributed by atoms with Gasteiger partial charge in [0.1, 0.15) is 12.0 Å². The number of oxazole rings is 1. The van der Waals surface area contributed by atoms with Crippen molar-refractivity contribution in [2.45, 2.75) is 44.9 Å². The summed E-state index contributed by atoms with van der Waals surface area (Å²) >= 11 is 0. The summed E-state index contributed by atoms with van der Waals surface area (Å²) in [5.41, 5.74) is 11.2. The molecule has 3 aromatic heterocycles. The molecule has 4 aromatic rings. The van der Waals surface area contributed by atoms with Crippen molar-refractivity contribution in [3.63, 3.8) is 0 Å². The van der Waals surface area contributed by atoms with Crippen LogP contribution in [-0.4, -0.2) is 24.6 Å². The molecular formula is C21H22N6O. The van der Waals surface area contributed by atoms with Crippen molar-refractivity contribution in [3.05, 3.63) is 59.2 Å². The minimum absolute atomic E-state index is 0.265. The second kappa shape index (κ2) is 6.15. The van der Waals surface area contributed by atoms with E-state index in [9.17, 15) is 0 Å². The molecule has 0 amide bonds. The Labute approximate surface area is 162 Å². The average Bonchev–Trinajstić information content (AvgIpc) is 3.34. The third kappa shape index (κ3) is 2.66. The third-order valence-corrected chi connectivity index (χ3v) is 5.89. The Hall–Kier alpha value is -3.22. The Morgan fingerprint density at radius 3 is 2.61 bits per heavy atom. The first kappa shape index (κ1) is 16.9. The van der Waals surface area contributed by atoms with Crippen molar-refractivity contribution in [3.8, 4) is 11.6 Å². The van der Waals surface area contributed by atoms with Gasteiger partial charge in [-0.3, -0.25) is 0 Å². The van der Waals surface area contributed by atoms with Gasteiger partial charge in [-0.2, -0.15) is 4.52 Å². The summed E-state index contributed by atoms with van der Waals surface area (Å²) in [4.78, 5) is 13.3. The highest BCUT2D eigenvalue weighted by Crippen LogP contribution is 2.43. The molecule has 142 valence electrons. The molecule has 28 heavy (non-hydrogen) atoms. The normalized spacial score (nSPS) is 15.6. The second-order valence-electron chi connectivity index (χ2n) is 7.83. The van der Waals surface area contributed by atoms with Crippen molar-refractivity contribution in [1.82, 2.24) is 24.6 Å². The fourth-order valence-corrected chi connectivity index (χ4v) is 3.94. The van der Waals surface area contributed by atoms with Gasteiger partial charge in [-0.05, 0) is 36.3 Å². The minimum atomic E-state index is 0.265. The molecule has 0 radical (unpaired) electrons. The van der Waals surface area contributed by atoms with Gasteiger partial charge < -0.3 is 10.2 Å². The van der Waals surface area contributed by atoms with E-state index in [1.807, 2.05) is 6.92 Å². The molecule has 1 fully saturated rings. The Kier molecular flexibility index (Phi) is 3.72. The van der Waals surface area contributed by atoms with Gasteiger partial charge in [0, 0.05) is 12.0 Å². The van der Waals surface area contributed by atoms with E-state index in [4.69, 9.17) is 15.1 Å². The number of hydrogen-bond donors (Lipinski definition) is 1. The molecule has 0 spiro atoms. The summed E-state index contributed by atoms with van der Waals surface area (Å²) in [5, 5.41) is 4.56. The fraction of sp³-hybridized carbons (Fsp3) is 0.333. The molecule has 0 unspecified atom stereocenters. The number of nitrogen functional groups attached to an aromatic ring is 1. The first-order valence-electron chi connectivity index (χ1n) is 9.54. The summed E-state index contributed by atoms with van der Waals surface area (Å²) in [6.45, 7) is 4.27. The molecule has 1 aliphatic carbocycles. The van der Waals surface area contributed by atoms with Gasteiger partial charge in [0.2, 0.25) is 11.8 Å². The predicted molar refractivity (Wildman–Crippen MR) is 106 cm³/mol. The van der Waals surface area contributed by atoms with E-state index in [0.29, 0.717) is 34.9 Å². The monoisotopic (exact) mass is 374 g/mol. The summed E-state index contributed by atoms with van der Waals surface area (Å²) in [6, 6.07) is 8.84. The molecule has 0 bridgehead atoms. The zero-order valence-corrected chi connectivity index (χ0v) is 16.0. The van der Waals surface area contributed by atoms with E-state index < -0.39 is 0 Å². The number of rotatable bonds is 4. The Bertz CT molecular complexity index is 1140. The number of hydrogen-bond acceptors (Lipinski definition) is 6. The molecule has 0 saturated heterocycles. The lowest BCUT2D eigenvalue weighted by Crippen LogP contribution is -2.30. The first-order valence-corrected chi connectivity index (χ1v) is 9.54. The van der Waals surface area contributed by atoms with Crippen molar-refractivity contribution in [2.75, 3.05) is 5.73 Å². The van der Waals surface area contributed by atoms with Crippen LogP contribution in [0.1, 0.15) is 48.7 Å². The maximum absolute atomic E-state index is 6.11. The smallest absolute Gasteiger partial charge is 0.245 e. The highest BCUT2D eigenvalue weighted by molar-refractivity contribution is 5.65. The lowest BCUT2D eigenvalue weighted by molar-refractivity contribution is 0.272. The van der Waals surface area contributed by atoms with Gasteiger partial charge in [0.25, 0.3) is 0 Å². The molecule has 0 atom stereocenters. The lowest BCUT2D eigenvalue weighted by atomic mass is 9.66. The van der Waals surface area contributed by atoms with E-state index in [1.165, 1.54) is 36.7 Å². The molecule has 7 nitrogen and oxygen atoms in total. The van der Waals surface area contributed by atoms with E-state index >= 15 is 0 Å². The highest BCUT2D eigenvalue weighted by atomic mass is 16.3. The van der Waals surface area contributed by atoms with E-state index in [-0.39, 0.29) is 5.95 Å². The number of fused-ring (bicyclic) bond motifs is 1. The van der Waals surface area contributed by atoms with E-state index in [0.717, 1.165) is 5.56 Å². The van der Waals surface area contributed by atoms with Crippen LogP contribution < -0.4 is 5.73 Å². The fourth-order valence-electron chi connectivity index (χ4n) is 3.94. The largest absolute Gasteiger partial charge is 0.443 e. The number of aromatic nitrogens is 5. The van der Waals surface area contributed by atoms with Crippen LogP contribution in [0.2, 0.25) is 0 Å². The molecule has 0 aliphatic heterocycles. The summed E-state index contributed by atoms with van der Waals surface area (Å²) in [7, 11) is 0. The van der Waals surface area contributed by atoms with Gasteiger partial charge in [-0.1, -0.05) is 37.6 Å². The van der Waals surface area contributed by atoms with Crippen LogP contribution in [0.5, 0.6) is 0 Å². The Balaban J connectivity index is 1.47. The molecule has 5 rings (SSSR count).